The van der Waals surface area contributed by atoms with E-state index in [9.17, 15) is 18.9 Å². The first-order valence-corrected chi connectivity index (χ1v) is 11.9. The van der Waals surface area contributed by atoms with Crippen molar-refractivity contribution in [3.05, 3.63) is 58.5 Å². The number of fused-ring (bicyclic) bond motifs is 1. The van der Waals surface area contributed by atoms with Gasteiger partial charge in [0.25, 0.3) is 5.69 Å². The van der Waals surface area contributed by atoms with Crippen molar-refractivity contribution in [2.24, 2.45) is 0 Å². The van der Waals surface area contributed by atoms with Crippen molar-refractivity contribution in [3.8, 4) is 5.75 Å². The first-order chi connectivity index (χ1) is 18.0. The van der Waals surface area contributed by atoms with Crippen LogP contribution in [0.1, 0.15) is 19.5 Å². The second-order valence-corrected chi connectivity index (χ2v) is 9.90. The Morgan fingerprint density at radius 2 is 1.95 bits per heavy atom. The molecule has 3 heterocycles. The van der Waals surface area contributed by atoms with E-state index in [-0.39, 0.29) is 34.2 Å². The third-order valence-corrected chi connectivity index (χ3v) is 6.22. The van der Waals surface area contributed by atoms with Gasteiger partial charge in [0, 0.05) is 56.6 Å². The Labute approximate surface area is 219 Å². The van der Waals surface area contributed by atoms with Gasteiger partial charge in [0.05, 0.1) is 22.0 Å². The normalized spacial score (nSPS) is 14.1. The molecule has 1 aliphatic rings. The molecular weight excluding hydrogens is 498 g/mol. The van der Waals surface area contributed by atoms with E-state index in [0.29, 0.717) is 25.5 Å². The number of nitrogens with one attached hydrogen (secondary N) is 1. The summed E-state index contributed by atoms with van der Waals surface area (Å²) in [4.78, 5) is 30.2. The van der Waals surface area contributed by atoms with E-state index in [4.69, 9.17) is 4.74 Å². The van der Waals surface area contributed by atoms with Crippen LogP contribution in [0.2, 0.25) is 0 Å². The van der Waals surface area contributed by atoms with Gasteiger partial charge in [0.15, 0.2) is 5.75 Å². The number of aromatic nitrogens is 3. The molecule has 11 nitrogen and oxygen atoms in total. The van der Waals surface area contributed by atoms with Gasteiger partial charge in [-0.1, -0.05) is 13.8 Å². The molecule has 0 atom stereocenters. The number of rotatable bonds is 10. The summed E-state index contributed by atoms with van der Waals surface area (Å²) in [6.07, 6.45) is 3.27. The topological polar surface area (TPSA) is 113 Å². The van der Waals surface area contributed by atoms with Crippen LogP contribution in [-0.4, -0.2) is 72.2 Å². The minimum absolute atomic E-state index is 0.0530. The van der Waals surface area contributed by atoms with E-state index in [1.807, 2.05) is 36.0 Å². The quantitative estimate of drug-likeness (QED) is 0.297. The molecule has 3 aromatic rings. The minimum atomic E-state index is -3.14. The molecule has 13 heteroatoms. The van der Waals surface area contributed by atoms with Crippen molar-refractivity contribution in [3.63, 3.8) is 0 Å². The van der Waals surface area contributed by atoms with Gasteiger partial charge >= 0.3 is 6.61 Å². The zero-order valence-corrected chi connectivity index (χ0v) is 21.9. The van der Waals surface area contributed by atoms with Crippen LogP contribution >= 0.6 is 0 Å². The highest BCUT2D eigenvalue weighted by molar-refractivity contribution is 5.77. The van der Waals surface area contributed by atoms with E-state index in [1.165, 1.54) is 12.3 Å². The standard InChI is InChI=1S/C25H30F2N8O3/c1-25(2)15-34(17-7-6-9-28-22(17)25)21-8-10-29-24(31-21)30-16-13-19(35(36)37)18(14-20(16)38-23(26)27)33(5)12-11-32(3)4/h6-10,13-14,23H,11-12,15H2,1-5H3,(H,29,30,31). The highest BCUT2D eigenvalue weighted by Crippen LogP contribution is 2.43. The summed E-state index contributed by atoms with van der Waals surface area (Å²) in [6, 6.07) is 7.92. The summed E-state index contributed by atoms with van der Waals surface area (Å²) >= 11 is 0. The molecule has 0 amide bonds. The lowest BCUT2D eigenvalue weighted by atomic mass is 9.91. The van der Waals surface area contributed by atoms with E-state index in [2.05, 4.69) is 34.1 Å². The number of likely N-dealkylation sites (N-methyl/N-ethyl adjacent to an activating group) is 2. The largest absolute Gasteiger partial charge is 0.433 e. The second kappa shape index (κ2) is 10.7. The summed E-state index contributed by atoms with van der Waals surface area (Å²) in [5, 5.41) is 14.8. The minimum Gasteiger partial charge on any atom is -0.433 e. The Morgan fingerprint density at radius 1 is 1.18 bits per heavy atom. The van der Waals surface area contributed by atoms with Gasteiger partial charge in [-0.05, 0) is 32.3 Å². The van der Waals surface area contributed by atoms with Crippen molar-refractivity contribution in [2.45, 2.75) is 25.9 Å². The first kappa shape index (κ1) is 26.9. The summed E-state index contributed by atoms with van der Waals surface area (Å²) in [7, 11) is 5.39. The molecule has 1 aromatic carbocycles. The summed E-state index contributed by atoms with van der Waals surface area (Å²) in [5.74, 6) is 0.371. The second-order valence-electron chi connectivity index (χ2n) is 9.90. The number of alkyl halides is 2. The molecule has 0 spiro atoms. The molecule has 38 heavy (non-hydrogen) atoms. The highest BCUT2D eigenvalue weighted by atomic mass is 19.3. The number of nitro benzene ring substituents is 1. The van der Waals surface area contributed by atoms with Crippen LogP contribution in [-0.2, 0) is 5.41 Å². The van der Waals surface area contributed by atoms with E-state index < -0.39 is 11.5 Å². The van der Waals surface area contributed by atoms with Crippen LogP contribution in [0, 0.1) is 10.1 Å². The molecule has 202 valence electrons. The van der Waals surface area contributed by atoms with Crippen molar-refractivity contribution >= 4 is 34.5 Å². The lowest BCUT2D eigenvalue weighted by Crippen LogP contribution is -2.29. The van der Waals surface area contributed by atoms with E-state index in [1.54, 1.807) is 24.2 Å². The Balaban J connectivity index is 1.70. The smallest absolute Gasteiger partial charge is 0.387 e. The van der Waals surface area contributed by atoms with Crippen LogP contribution in [0.3, 0.4) is 0 Å². The summed E-state index contributed by atoms with van der Waals surface area (Å²) < 4.78 is 31.4. The number of benzene rings is 1. The van der Waals surface area contributed by atoms with Crippen molar-refractivity contribution in [2.75, 3.05) is 55.9 Å². The molecule has 2 aromatic heterocycles. The fourth-order valence-corrected chi connectivity index (χ4v) is 4.35. The van der Waals surface area contributed by atoms with Crippen molar-refractivity contribution in [1.82, 2.24) is 19.9 Å². The van der Waals surface area contributed by atoms with E-state index >= 15 is 0 Å². The van der Waals surface area contributed by atoms with E-state index in [0.717, 1.165) is 17.4 Å². The fourth-order valence-electron chi connectivity index (χ4n) is 4.35. The van der Waals surface area contributed by atoms with Crippen LogP contribution in [0.15, 0.2) is 42.7 Å². The molecule has 1 N–H and O–H groups in total. The maximum atomic E-state index is 13.3. The molecule has 0 fully saturated rings. The number of anilines is 5. The molecule has 0 aliphatic carbocycles. The Bertz CT molecular complexity index is 1320. The SMILES string of the molecule is CN(C)CCN(C)c1cc(OC(F)F)c(Nc2nccc(N3CC(C)(C)c4ncccc43)n2)cc1[N+](=O)[O-]. The lowest BCUT2D eigenvalue weighted by Gasteiger charge is -2.23. The van der Waals surface area contributed by atoms with Gasteiger partial charge in [-0.15, -0.1) is 0 Å². The van der Waals surface area contributed by atoms with Gasteiger partial charge in [-0.3, -0.25) is 15.1 Å². The zero-order chi connectivity index (χ0) is 27.6. The van der Waals surface area contributed by atoms with Crippen LogP contribution in [0.5, 0.6) is 5.75 Å². The average Bonchev–Trinajstić information content (AvgIpc) is 3.14. The molecule has 0 saturated heterocycles. The highest BCUT2D eigenvalue weighted by Gasteiger charge is 2.37. The van der Waals surface area contributed by atoms with Gasteiger partial charge in [-0.25, -0.2) is 4.98 Å². The molecule has 0 radical (unpaired) electrons. The maximum absolute atomic E-state index is 13.3. The molecule has 0 unspecified atom stereocenters. The fraction of sp³-hybridized carbons (Fsp3) is 0.400. The number of pyridine rings is 1. The van der Waals surface area contributed by atoms with Gasteiger partial charge in [0.2, 0.25) is 5.95 Å². The maximum Gasteiger partial charge on any atom is 0.387 e. The number of hydrogen-bond acceptors (Lipinski definition) is 10. The van der Waals surface area contributed by atoms with Crippen LogP contribution in [0.4, 0.5) is 43.3 Å². The number of halogens is 2. The third-order valence-electron chi connectivity index (χ3n) is 6.22. The van der Waals surface area contributed by atoms with Crippen LogP contribution < -0.4 is 19.9 Å². The predicted octanol–water partition coefficient (Wildman–Crippen LogP) is 4.55. The van der Waals surface area contributed by atoms with Crippen molar-refractivity contribution < 1.29 is 18.4 Å². The number of nitrogens with zero attached hydrogens (tertiary/aromatic N) is 7. The van der Waals surface area contributed by atoms with Gasteiger partial charge in [0.1, 0.15) is 11.5 Å². The number of nitro groups is 1. The molecular formula is C25H30F2N8O3. The summed E-state index contributed by atoms with van der Waals surface area (Å²) in [5.41, 5.74) is 1.45. The molecule has 0 bridgehead atoms. The Kier molecular flexibility index (Phi) is 7.58. The van der Waals surface area contributed by atoms with Crippen molar-refractivity contribution in [1.29, 1.82) is 0 Å². The monoisotopic (exact) mass is 528 g/mol. The summed E-state index contributed by atoms with van der Waals surface area (Å²) in [6.45, 7) is 2.69. The number of ether oxygens (including phenoxy) is 1. The lowest BCUT2D eigenvalue weighted by molar-refractivity contribution is -0.384. The van der Waals surface area contributed by atoms with Crippen LogP contribution in [0.25, 0.3) is 0 Å². The van der Waals surface area contributed by atoms with Gasteiger partial charge < -0.3 is 24.8 Å². The first-order valence-electron chi connectivity index (χ1n) is 11.9. The zero-order valence-electron chi connectivity index (χ0n) is 21.9. The third kappa shape index (κ3) is 5.72. The molecule has 1 aliphatic heterocycles. The average molecular weight is 529 g/mol. The number of hydrogen-bond donors (Lipinski definition) is 1. The Morgan fingerprint density at radius 3 is 2.63 bits per heavy atom. The Hall–Kier alpha value is -4.13. The predicted molar refractivity (Wildman–Crippen MR) is 141 cm³/mol. The molecule has 0 saturated carbocycles. The molecule has 4 rings (SSSR count). The van der Waals surface area contributed by atoms with Gasteiger partial charge in [-0.2, -0.15) is 13.8 Å².